The Morgan fingerprint density at radius 3 is 2.08 bits per heavy atom. The molecule has 0 unspecified atom stereocenters. The van der Waals surface area contributed by atoms with Crippen LogP contribution in [0, 0.1) is 0 Å². The minimum atomic E-state index is 0. The van der Waals surface area contributed by atoms with Crippen LogP contribution in [0.25, 0.3) is 11.1 Å². The lowest BCUT2D eigenvalue weighted by atomic mass is 10.1. The van der Waals surface area contributed by atoms with E-state index in [-0.39, 0.29) is 29.8 Å². The summed E-state index contributed by atoms with van der Waals surface area (Å²) in [6.45, 7) is 11.7. The number of benzene rings is 2. The van der Waals surface area contributed by atoms with E-state index in [1.165, 1.54) is 0 Å². The molecule has 0 aliphatic heterocycles. The Morgan fingerprint density at radius 1 is 0.840 bits per heavy atom. The van der Waals surface area contributed by atoms with Gasteiger partial charge < -0.3 is 33.2 Å². The van der Waals surface area contributed by atoms with E-state index in [9.17, 15) is 4.79 Å². The van der Waals surface area contributed by atoms with Crippen LogP contribution in [0.2, 0.25) is 0 Å². The molecule has 0 atom stereocenters. The second-order valence-electron chi connectivity index (χ2n) is 6.44. The molecule has 0 fully saturated rings. The number of likely N-dealkylation sites (N-methyl/N-ethyl adjacent to an activating group) is 1. The Balaban J connectivity index is 0.00000225. The van der Waals surface area contributed by atoms with Gasteiger partial charge in [0.05, 0.1) is 19.6 Å². The first kappa shape index (κ1) is 19.9. The van der Waals surface area contributed by atoms with Crippen molar-refractivity contribution in [3.05, 3.63) is 53.6 Å². The van der Waals surface area contributed by atoms with Crippen LogP contribution in [0.15, 0.2) is 42.5 Å². The van der Waals surface area contributed by atoms with Gasteiger partial charge in [0.25, 0.3) is 0 Å². The monoisotopic (exact) mass is 451 g/mol. The predicted octanol–water partition coefficient (Wildman–Crippen LogP) is 1.16. The Hall–Kier alpha value is -1.40. The van der Waals surface area contributed by atoms with Crippen LogP contribution in [0.4, 0.5) is 0 Å². The molecule has 0 aromatic heterocycles. The standard InChI is InChI=1S/C21H26NO2.HI/c1-4-22(5-2,6-3)13-14-24-16-11-12-18-17-9-7-8-10-19(17)21(23)20(18)15-16;/h7-12,15H,4-6,13-14H2,1-3H3;1H/q+1;/p-1. The molecular weight excluding hydrogens is 425 g/mol. The quantitative estimate of drug-likeness (QED) is 0.398. The van der Waals surface area contributed by atoms with Crippen LogP contribution in [-0.2, 0) is 0 Å². The van der Waals surface area contributed by atoms with E-state index in [0.29, 0.717) is 6.61 Å². The summed E-state index contributed by atoms with van der Waals surface area (Å²) in [5.41, 5.74) is 3.60. The van der Waals surface area contributed by atoms with Gasteiger partial charge in [-0.05, 0) is 50.1 Å². The van der Waals surface area contributed by atoms with E-state index < -0.39 is 0 Å². The number of hydrogen-bond donors (Lipinski definition) is 0. The molecular formula is C21H26INO2. The molecule has 3 rings (SSSR count). The molecule has 0 spiro atoms. The fourth-order valence-corrected chi connectivity index (χ4v) is 3.60. The van der Waals surface area contributed by atoms with Gasteiger partial charge in [0.15, 0.2) is 5.78 Å². The summed E-state index contributed by atoms with van der Waals surface area (Å²) in [7, 11) is 0. The summed E-state index contributed by atoms with van der Waals surface area (Å²) in [4.78, 5) is 12.6. The number of quaternary nitrogens is 1. The fraction of sp³-hybridized carbons (Fsp3) is 0.381. The Labute approximate surface area is 167 Å². The molecule has 0 saturated heterocycles. The Bertz CT molecular complexity index is 745. The van der Waals surface area contributed by atoms with Gasteiger partial charge in [0.2, 0.25) is 0 Å². The van der Waals surface area contributed by atoms with Crippen LogP contribution in [0.5, 0.6) is 5.75 Å². The maximum Gasteiger partial charge on any atom is 0.194 e. The van der Waals surface area contributed by atoms with E-state index in [0.717, 1.165) is 58.7 Å². The molecule has 0 saturated carbocycles. The highest BCUT2D eigenvalue weighted by atomic mass is 127. The lowest BCUT2D eigenvalue weighted by molar-refractivity contribution is -0.923. The number of rotatable bonds is 7. The molecule has 2 aromatic rings. The Kier molecular flexibility index (Phi) is 6.63. The number of fused-ring (bicyclic) bond motifs is 3. The smallest absolute Gasteiger partial charge is 0.194 e. The van der Waals surface area contributed by atoms with Gasteiger partial charge in [-0.15, -0.1) is 0 Å². The summed E-state index contributed by atoms with van der Waals surface area (Å²) in [5, 5.41) is 0. The number of carbonyl (C=O) groups excluding carboxylic acids is 1. The lowest BCUT2D eigenvalue weighted by Crippen LogP contribution is -3.00. The summed E-state index contributed by atoms with van der Waals surface area (Å²) in [6.07, 6.45) is 0. The number of ether oxygens (including phenoxy) is 1. The van der Waals surface area contributed by atoms with E-state index in [4.69, 9.17) is 4.74 Å². The predicted molar refractivity (Wildman–Crippen MR) is 97.6 cm³/mol. The third-order valence-electron chi connectivity index (χ3n) is 5.54. The number of carbonyl (C=O) groups is 1. The topological polar surface area (TPSA) is 26.3 Å². The highest BCUT2D eigenvalue weighted by Crippen LogP contribution is 2.38. The normalized spacial score (nSPS) is 12.4. The van der Waals surface area contributed by atoms with Crippen LogP contribution in [0.1, 0.15) is 36.7 Å². The van der Waals surface area contributed by atoms with Crippen molar-refractivity contribution in [2.45, 2.75) is 20.8 Å². The van der Waals surface area contributed by atoms with Gasteiger partial charge in [-0.3, -0.25) is 4.79 Å². The molecule has 2 aromatic carbocycles. The van der Waals surface area contributed by atoms with Crippen molar-refractivity contribution in [2.24, 2.45) is 0 Å². The molecule has 1 aliphatic carbocycles. The summed E-state index contributed by atoms with van der Waals surface area (Å²) >= 11 is 0. The van der Waals surface area contributed by atoms with Crippen LogP contribution in [-0.4, -0.2) is 43.1 Å². The first-order chi connectivity index (χ1) is 11.6. The fourth-order valence-electron chi connectivity index (χ4n) is 3.60. The lowest BCUT2D eigenvalue weighted by Gasteiger charge is -2.35. The van der Waals surface area contributed by atoms with Gasteiger partial charge in [-0.25, -0.2) is 0 Å². The zero-order valence-electron chi connectivity index (χ0n) is 15.2. The second kappa shape index (κ2) is 8.32. The molecule has 0 N–H and O–H groups in total. The minimum Gasteiger partial charge on any atom is -1.00 e. The van der Waals surface area contributed by atoms with E-state index in [1.54, 1.807) is 0 Å². The van der Waals surface area contributed by atoms with E-state index in [1.807, 2.05) is 42.5 Å². The van der Waals surface area contributed by atoms with Crippen molar-refractivity contribution in [3.63, 3.8) is 0 Å². The average Bonchev–Trinajstić information content (AvgIpc) is 2.92. The summed E-state index contributed by atoms with van der Waals surface area (Å²) in [6, 6.07) is 13.7. The molecule has 0 bridgehead atoms. The third-order valence-corrected chi connectivity index (χ3v) is 5.54. The van der Waals surface area contributed by atoms with Gasteiger partial charge in [0, 0.05) is 11.1 Å². The van der Waals surface area contributed by atoms with Gasteiger partial charge in [-0.2, -0.15) is 0 Å². The largest absolute Gasteiger partial charge is 1.00 e. The van der Waals surface area contributed by atoms with Crippen molar-refractivity contribution >= 4 is 5.78 Å². The zero-order chi connectivity index (χ0) is 17.2. The molecule has 0 radical (unpaired) electrons. The van der Waals surface area contributed by atoms with Gasteiger partial charge >= 0.3 is 0 Å². The van der Waals surface area contributed by atoms with Crippen molar-refractivity contribution in [3.8, 4) is 16.9 Å². The average molecular weight is 451 g/mol. The number of hydrogen-bond acceptors (Lipinski definition) is 2. The van der Waals surface area contributed by atoms with E-state index in [2.05, 4.69) is 20.8 Å². The summed E-state index contributed by atoms with van der Waals surface area (Å²) < 4.78 is 7.04. The zero-order valence-corrected chi connectivity index (χ0v) is 17.4. The van der Waals surface area contributed by atoms with Crippen molar-refractivity contribution in [2.75, 3.05) is 32.8 Å². The minimum absolute atomic E-state index is 0. The van der Waals surface area contributed by atoms with Gasteiger partial charge in [0.1, 0.15) is 18.9 Å². The SMILES string of the molecule is CC[N+](CC)(CC)CCOc1ccc2c(c1)C(=O)c1ccccc1-2.[I-]. The highest BCUT2D eigenvalue weighted by molar-refractivity contribution is 6.21. The van der Waals surface area contributed by atoms with Crippen LogP contribution in [0.3, 0.4) is 0 Å². The van der Waals surface area contributed by atoms with Crippen molar-refractivity contribution in [1.29, 1.82) is 0 Å². The maximum absolute atomic E-state index is 12.6. The first-order valence-corrected chi connectivity index (χ1v) is 8.90. The highest BCUT2D eigenvalue weighted by Gasteiger charge is 2.26. The molecule has 0 amide bonds. The molecule has 4 heteroatoms. The third kappa shape index (κ3) is 3.75. The molecule has 3 nitrogen and oxygen atoms in total. The second-order valence-corrected chi connectivity index (χ2v) is 6.44. The van der Waals surface area contributed by atoms with Crippen molar-refractivity contribution < 1.29 is 38.0 Å². The van der Waals surface area contributed by atoms with Gasteiger partial charge in [-0.1, -0.05) is 24.3 Å². The maximum atomic E-state index is 12.6. The van der Waals surface area contributed by atoms with Crippen LogP contribution < -0.4 is 28.7 Å². The Morgan fingerprint density at radius 2 is 1.44 bits per heavy atom. The number of ketones is 1. The molecule has 1 aliphatic rings. The number of halogens is 1. The van der Waals surface area contributed by atoms with Crippen molar-refractivity contribution in [1.82, 2.24) is 0 Å². The molecule has 134 valence electrons. The first-order valence-electron chi connectivity index (χ1n) is 8.90. The molecule has 0 heterocycles. The van der Waals surface area contributed by atoms with Crippen LogP contribution >= 0.6 is 0 Å². The number of nitrogens with zero attached hydrogens (tertiary/aromatic N) is 1. The van der Waals surface area contributed by atoms with E-state index >= 15 is 0 Å². The molecule has 25 heavy (non-hydrogen) atoms. The summed E-state index contributed by atoms with van der Waals surface area (Å²) in [5.74, 6) is 0.892.